The molecule has 0 radical (unpaired) electrons. The number of hydrogen-bond donors (Lipinski definition) is 0. The van der Waals surface area contributed by atoms with Crippen LogP contribution < -0.4 is 0 Å². The van der Waals surface area contributed by atoms with Crippen LogP contribution in [-0.2, 0) is 39.8 Å². The molecule has 0 bridgehead atoms. The van der Waals surface area contributed by atoms with Crippen molar-refractivity contribution in [3.8, 4) is 0 Å². The molecular formula is C47H100O9S9Si3. The second kappa shape index (κ2) is 48.8. The van der Waals surface area contributed by atoms with Gasteiger partial charge in [-0.05, 0) is 195 Å². The van der Waals surface area contributed by atoms with E-state index in [-0.39, 0.29) is 0 Å². The fourth-order valence-electron chi connectivity index (χ4n) is 8.85. The van der Waals surface area contributed by atoms with Gasteiger partial charge in [-0.2, -0.15) is 11.8 Å². The molecule has 1 aliphatic carbocycles. The third kappa shape index (κ3) is 35.0. The van der Waals surface area contributed by atoms with Crippen molar-refractivity contribution in [3.63, 3.8) is 0 Å². The van der Waals surface area contributed by atoms with E-state index in [9.17, 15) is 0 Å². The van der Waals surface area contributed by atoms with Gasteiger partial charge in [-0.3, -0.25) is 0 Å². The lowest BCUT2D eigenvalue weighted by molar-refractivity contribution is 0.0698. The molecule has 21 heteroatoms. The number of thioether (sulfide) groups is 1. The Morgan fingerprint density at radius 1 is 0.324 bits per heavy atom. The summed E-state index contributed by atoms with van der Waals surface area (Å²) in [7, 11) is 8.79. The van der Waals surface area contributed by atoms with Crippen LogP contribution >= 0.6 is 94.2 Å². The molecule has 9 nitrogen and oxygen atoms in total. The Labute approximate surface area is 457 Å². The van der Waals surface area contributed by atoms with Crippen LogP contribution in [0.15, 0.2) is 0 Å². The van der Waals surface area contributed by atoms with Crippen molar-refractivity contribution >= 4 is 121 Å². The van der Waals surface area contributed by atoms with Gasteiger partial charge in [0.25, 0.3) is 0 Å². The van der Waals surface area contributed by atoms with Crippen LogP contribution in [0.25, 0.3) is 0 Å². The van der Waals surface area contributed by atoms with E-state index in [1.807, 2.05) is 102 Å². The molecule has 0 aromatic rings. The summed E-state index contributed by atoms with van der Waals surface area (Å²) in [6, 6.07) is 2.80. The van der Waals surface area contributed by atoms with E-state index in [1.165, 1.54) is 119 Å². The summed E-state index contributed by atoms with van der Waals surface area (Å²) in [4.78, 5) is 0. The van der Waals surface area contributed by atoms with Gasteiger partial charge in [-0.15, -0.1) is 0 Å². The molecule has 0 amide bonds. The van der Waals surface area contributed by atoms with Crippen LogP contribution in [-0.4, -0.2) is 120 Å². The Bertz CT molecular complexity index is 1050. The minimum atomic E-state index is -2.53. The summed E-state index contributed by atoms with van der Waals surface area (Å²) < 4.78 is 54.5. The smallest absolute Gasteiger partial charge is 0.374 e. The number of rotatable bonds is 53. The molecular weight excluding hydrogens is 1080 g/mol. The number of unbranched alkanes of at least 4 members (excludes halogenated alkanes) is 8. The van der Waals surface area contributed by atoms with Gasteiger partial charge in [0.1, 0.15) is 0 Å². The quantitative estimate of drug-likeness (QED) is 0.0329. The van der Waals surface area contributed by atoms with E-state index in [2.05, 4.69) is 54.1 Å². The molecule has 1 fully saturated rings. The molecule has 0 aliphatic heterocycles. The lowest BCUT2D eigenvalue weighted by Gasteiger charge is -2.36. The van der Waals surface area contributed by atoms with Gasteiger partial charge < -0.3 is 39.8 Å². The largest absolute Gasteiger partial charge is 0.500 e. The van der Waals surface area contributed by atoms with Crippen LogP contribution in [0.5, 0.6) is 0 Å². The predicted octanol–water partition coefficient (Wildman–Crippen LogP) is 17.7. The average Bonchev–Trinajstić information content (AvgIpc) is 3.32. The summed E-state index contributed by atoms with van der Waals surface area (Å²) in [5.74, 6) is 10.1. The maximum absolute atomic E-state index is 6.10. The molecule has 408 valence electrons. The molecule has 68 heavy (non-hydrogen) atoms. The number of hydrogen-bond acceptors (Lipinski definition) is 18. The van der Waals surface area contributed by atoms with Crippen LogP contribution in [0.3, 0.4) is 0 Å². The van der Waals surface area contributed by atoms with E-state index < -0.39 is 26.4 Å². The molecule has 0 saturated heterocycles. The van der Waals surface area contributed by atoms with Crippen LogP contribution in [0.2, 0.25) is 18.1 Å². The third-order valence-electron chi connectivity index (χ3n) is 11.8. The van der Waals surface area contributed by atoms with Gasteiger partial charge in [0.05, 0.1) is 0 Å². The molecule has 1 saturated carbocycles. The SMILES string of the molecule is CCO[Si](CCCCCCCSSSSCCC1CCC(CCSCCC[Si](OCC)(OCC)OCC)CC1CCSSSSCCCCCCC[Si](OCC)(OCC)OCC)(OCC)OCC. The first kappa shape index (κ1) is 69.5. The summed E-state index contributed by atoms with van der Waals surface area (Å²) in [6.45, 7) is 24.3. The Kier molecular flexibility index (Phi) is 49.8. The van der Waals surface area contributed by atoms with Crippen LogP contribution in [0, 0.1) is 17.8 Å². The van der Waals surface area contributed by atoms with E-state index in [1.54, 1.807) is 0 Å². The van der Waals surface area contributed by atoms with Gasteiger partial charge >= 0.3 is 26.4 Å². The standard InChI is InChI=1S/C47H100O9S9Si3/c1-10-48-66(49-11-2,50-12-3)41-27-23-19-21-25-36-58-62-64-60-39-33-46-31-30-45(32-38-57-35-29-43-68(54-16-7,55-17-8)56-18-9)44-47(46)34-40-61-65-63-59-37-26-22-20-24-28-42-67(51-13-4,52-14-5)53-15-6/h45-47H,10-44H2,1-9H3. The molecule has 0 N–H and O–H groups in total. The molecule has 0 spiro atoms. The molecule has 1 aliphatic rings. The molecule has 1 rings (SSSR count). The fraction of sp³-hybridized carbons (Fsp3) is 1.00. The van der Waals surface area contributed by atoms with Crippen molar-refractivity contribution in [2.45, 2.75) is 190 Å². The topological polar surface area (TPSA) is 83.1 Å². The van der Waals surface area contributed by atoms with Gasteiger partial charge in [-0.25, -0.2) is 0 Å². The predicted molar refractivity (Wildman–Crippen MR) is 323 cm³/mol. The maximum atomic E-state index is 6.10. The minimum Gasteiger partial charge on any atom is -0.374 e. The van der Waals surface area contributed by atoms with Crippen molar-refractivity contribution in [2.24, 2.45) is 17.8 Å². The van der Waals surface area contributed by atoms with Gasteiger partial charge in [-0.1, -0.05) is 88.1 Å². The summed E-state index contributed by atoms with van der Waals surface area (Å²) >= 11 is 2.13. The second-order valence-electron chi connectivity index (χ2n) is 16.8. The Morgan fingerprint density at radius 3 is 1.06 bits per heavy atom. The van der Waals surface area contributed by atoms with Crippen LogP contribution in [0.1, 0.15) is 171 Å². The maximum Gasteiger partial charge on any atom is 0.500 e. The summed E-state index contributed by atoms with van der Waals surface area (Å²) in [5, 5.41) is 0. The van der Waals surface area contributed by atoms with Crippen molar-refractivity contribution in [1.29, 1.82) is 0 Å². The normalized spacial score (nSPS) is 17.2. The van der Waals surface area contributed by atoms with Crippen molar-refractivity contribution in [1.82, 2.24) is 0 Å². The van der Waals surface area contributed by atoms with Crippen molar-refractivity contribution < 1.29 is 39.8 Å². The first-order valence-electron chi connectivity index (χ1n) is 26.8. The lowest BCUT2D eigenvalue weighted by atomic mass is 9.71. The summed E-state index contributed by atoms with van der Waals surface area (Å²) in [6.07, 6.45) is 22.0. The molecule has 3 unspecified atom stereocenters. The highest BCUT2D eigenvalue weighted by molar-refractivity contribution is 9.26. The first-order valence-corrected chi connectivity index (χ1v) is 44.0. The first-order chi connectivity index (χ1) is 33.3. The molecule has 0 heterocycles. The Morgan fingerprint density at radius 2 is 0.662 bits per heavy atom. The summed E-state index contributed by atoms with van der Waals surface area (Å²) in [5.41, 5.74) is 0. The van der Waals surface area contributed by atoms with E-state index >= 15 is 0 Å². The molecule has 0 aromatic heterocycles. The highest BCUT2D eigenvalue weighted by atomic mass is 33.7. The van der Waals surface area contributed by atoms with Crippen molar-refractivity contribution in [3.05, 3.63) is 0 Å². The van der Waals surface area contributed by atoms with Crippen LogP contribution in [0.4, 0.5) is 0 Å². The van der Waals surface area contributed by atoms with Gasteiger partial charge in [0.15, 0.2) is 0 Å². The minimum absolute atomic E-state index is 0.657. The zero-order valence-corrected chi connectivity index (χ0v) is 54.7. The molecule has 3 atom stereocenters. The zero-order valence-electron chi connectivity index (χ0n) is 44.3. The third-order valence-corrected chi connectivity index (χ3v) is 35.5. The highest BCUT2D eigenvalue weighted by Crippen LogP contribution is 2.48. The van der Waals surface area contributed by atoms with E-state index in [4.69, 9.17) is 39.8 Å². The fourth-order valence-corrected chi connectivity index (χ4v) is 30.7. The highest BCUT2D eigenvalue weighted by Gasteiger charge is 2.41. The lowest BCUT2D eigenvalue weighted by Crippen LogP contribution is -2.46. The van der Waals surface area contributed by atoms with E-state index in [0.717, 1.165) is 60.9 Å². The monoisotopic (exact) mass is 1180 g/mol. The van der Waals surface area contributed by atoms with Gasteiger partial charge in [0, 0.05) is 101 Å². The van der Waals surface area contributed by atoms with Crippen molar-refractivity contribution in [2.75, 3.05) is 94.0 Å². The second-order valence-corrected chi connectivity index (χ2v) is 38.7. The zero-order chi connectivity index (χ0) is 49.7. The van der Waals surface area contributed by atoms with Gasteiger partial charge in [0.2, 0.25) is 0 Å². The average molecular weight is 1180 g/mol. The molecule has 0 aromatic carbocycles. The Balaban J connectivity index is 2.42. The Hall–Kier alpha value is 3.44. The van der Waals surface area contributed by atoms with E-state index in [0.29, 0.717) is 59.5 Å².